The summed E-state index contributed by atoms with van der Waals surface area (Å²) in [6.07, 6.45) is -0.112. The van der Waals surface area contributed by atoms with Crippen LogP contribution in [-0.2, 0) is 20.9 Å². The third kappa shape index (κ3) is 4.53. The van der Waals surface area contributed by atoms with E-state index in [9.17, 15) is 18.8 Å². The molecule has 2 aromatic carbocycles. The molecule has 0 fully saturated rings. The van der Waals surface area contributed by atoms with Crippen LogP contribution in [0.2, 0.25) is 5.02 Å². The Kier molecular flexibility index (Phi) is 5.56. The van der Waals surface area contributed by atoms with E-state index in [2.05, 4.69) is 5.32 Å². The first-order valence-corrected chi connectivity index (χ1v) is 8.31. The monoisotopic (exact) mass is 392 g/mol. The Bertz CT molecular complexity index is 1060. The van der Waals surface area contributed by atoms with E-state index in [4.69, 9.17) is 20.8 Å². The number of amides is 1. The lowest BCUT2D eigenvalue weighted by atomic mass is 10.3. The molecule has 27 heavy (non-hydrogen) atoms. The molecule has 0 saturated heterocycles. The number of esters is 1. The Morgan fingerprint density at radius 2 is 2.00 bits per heavy atom. The van der Waals surface area contributed by atoms with Gasteiger partial charge in [-0.05, 0) is 30.3 Å². The molecule has 7 nitrogen and oxygen atoms in total. The molecule has 0 unspecified atom stereocenters. The standard InChI is InChI=1S/C18H14ClFN2O5/c19-12-9-11(5-6-13(12)20)21-16(23)10-26-17(24)7-8-22-14-3-1-2-4-15(14)27-18(22)25/h1-6,9H,7-8,10H2,(H,21,23). The van der Waals surface area contributed by atoms with E-state index >= 15 is 0 Å². The summed E-state index contributed by atoms with van der Waals surface area (Å²) in [5.74, 6) is -2.44. The van der Waals surface area contributed by atoms with Crippen molar-refractivity contribution >= 4 is 40.3 Å². The average Bonchev–Trinajstić information content (AvgIpc) is 2.96. The molecule has 1 amide bonds. The lowest BCUT2D eigenvalue weighted by molar-refractivity contribution is -0.147. The molecular weight excluding hydrogens is 379 g/mol. The van der Waals surface area contributed by atoms with Crippen LogP contribution in [0.3, 0.4) is 0 Å². The van der Waals surface area contributed by atoms with Crippen LogP contribution in [0.5, 0.6) is 0 Å². The van der Waals surface area contributed by atoms with Gasteiger partial charge in [-0.15, -0.1) is 0 Å². The van der Waals surface area contributed by atoms with Crippen molar-refractivity contribution in [3.05, 3.63) is 63.9 Å². The summed E-state index contributed by atoms with van der Waals surface area (Å²) in [4.78, 5) is 35.4. The van der Waals surface area contributed by atoms with Crippen molar-refractivity contribution in [2.75, 3.05) is 11.9 Å². The van der Waals surface area contributed by atoms with Crippen molar-refractivity contribution in [2.45, 2.75) is 13.0 Å². The molecule has 3 aromatic rings. The average molecular weight is 393 g/mol. The molecule has 0 atom stereocenters. The molecule has 140 valence electrons. The van der Waals surface area contributed by atoms with Gasteiger partial charge in [0.15, 0.2) is 12.2 Å². The Morgan fingerprint density at radius 1 is 1.22 bits per heavy atom. The summed E-state index contributed by atoms with van der Waals surface area (Å²) >= 11 is 5.62. The lowest BCUT2D eigenvalue weighted by Gasteiger charge is -2.07. The van der Waals surface area contributed by atoms with Gasteiger partial charge >= 0.3 is 11.7 Å². The highest BCUT2D eigenvalue weighted by molar-refractivity contribution is 6.31. The van der Waals surface area contributed by atoms with Gasteiger partial charge in [-0.2, -0.15) is 0 Å². The fraction of sp³-hybridized carbons (Fsp3) is 0.167. The number of anilines is 1. The number of para-hydroxylation sites is 2. The minimum atomic E-state index is -0.653. The molecule has 1 heterocycles. The maximum Gasteiger partial charge on any atom is 0.419 e. The number of aryl methyl sites for hydroxylation is 1. The Hall–Kier alpha value is -3.13. The van der Waals surface area contributed by atoms with Crippen molar-refractivity contribution < 1.29 is 23.1 Å². The SMILES string of the molecule is O=C(COC(=O)CCn1c(=O)oc2ccccc21)Nc1ccc(F)c(Cl)c1. The van der Waals surface area contributed by atoms with Crippen LogP contribution in [-0.4, -0.2) is 23.1 Å². The second kappa shape index (κ2) is 8.05. The van der Waals surface area contributed by atoms with Crippen molar-refractivity contribution in [1.29, 1.82) is 0 Å². The number of hydrogen-bond donors (Lipinski definition) is 1. The molecule has 0 bridgehead atoms. The third-order valence-corrected chi connectivity index (χ3v) is 3.97. The van der Waals surface area contributed by atoms with Gasteiger partial charge < -0.3 is 14.5 Å². The number of fused-ring (bicyclic) bond motifs is 1. The summed E-state index contributed by atoms with van der Waals surface area (Å²) in [5, 5.41) is 2.29. The molecule has 0 saturated carbocycles. The van der Waals surface area contributed by atoms with Crippen LogP contribution < -0.4 is 11.1 Å². The molecule has 1 N–H and O–H groups in total. The lowest BCUT2D eigenvalue weighted by Crippen LogP contribution is -2.22. The topological polar surface area (TPSA) is 90.5 Å². The van der Waals surface area contributed by atoms with E-state index in [1.807, 2.05) is 0 Å². The number of rotatable bonds is 6. The van der Waals surface area contributed by atoms with Gasteiger partial charge in [-0.1, -0.05) is 23.7 Å². The second-order valence-electron chi connectivity index (χ2n) is 5.58. The summed E-state index contributed by atoms with van der Waals surface area (Å²) < 4.78 is 24.3. The first-order chi connectivity index (χ1) is 12.9. The number of nitrogens with one attached hydrogen (secondary N) is 1. The highest BCUT2D eigenvalue weighted by Crippen LogP contribution is 2.19. The van der Waals surface area contributed by atoms with Crippen LogP contribution in [0.25, 0.3) is 11.1 Å². The van der Waals surface area contributed by atoms with Crippen molar-refractivity contribution in [2.24, 2.45) is 0 Å². The number of carbonyl (C=O) groups excluding carboxylic acids is 2. The zero-order valence-corrected chi connectivity index (χ0v) is 14.7. The fourth-order valence-corrected chi connectivity index (χ4v) is 2.60. The van der Waals surface area contributed by atoms with Crippen LogP contribution in [0.1, 0.15) is 6.42 Å². The largest absolute Gasteiger partial charge is 0.456 e. The summed E-state index contributed by atoms with van der Waals surface area (Å²) in [6, 6.07) is 10.5. The maximum atomic E-state index is 13.1. The quantitative estimate of drug-likeness (QED) is 0.651. The van der Waals surface area contributed by atoms with Gasteiger partial charge in [-0.25, -0.2) is 9.18 Å². The fourth-order valence-electron chi connectivity index (χ4n) is 2.42. The van der Waals surface area contributed by atoms with Crippen LogP contribution in [0.4, 0.5) is 10.1 Å². The smallest absolute Gasteiger partial charge is 0.419 e. The number of nitrogens with zero attached hydrogens (tertiary/aromatic N) is 1. The highest BCUT2D eigenvalue weighted by Gasteiger charge is 2.13. The molecule has 1 aromatic heterocycles. The Labute approximate surface area is 157 Å². The van der Waals surface area contributed by atoms with E-state index in [-0.39, 0.29) is 23.7 Å². The molecule has 0 radical (unpaired) electrons. The molecule has 0 aliphatic heterocycles. The van der Waals surface area contributed by atoms with Gasteiger partial charge in [0, 0.05) is 12.2 Å². The van der Waals surface area contributed by atoms with E-state index in [0.29, 0.717) is 11.1 Å². The van der Waals surface area contributed by atoms with Crippen molar-refractivity contribution in [3.8, 4) is 0 Å². The number of oxazole rings is 1. The van der Waals surface area contributed by atoms with Gasteiger partial charge in [0.2, 0.25) is 0 Å². The second-order valence-corrected chi connectivity index (χ2v) is 5.98. The van der Waals surface area contributed by atoms with Crippen LogP contribution in [0.15, 0.2) is 51.7 Å². The molecule has 0 aliphatic carbocycles. The van der Waals surface area contributed by atoms with Crippen LogP contribution >= 0.6 is 11.6 Å². The molecule has 9 heteroatoms. The Morgan fingerprint density at radius 3 is 2.78 bits per heavy atom. The van der Waals surface area contributed by atoms with E-state index in [0.717, 1.165) is 6.07 Å². The first kappa shape index (κ1) is 18.7. The maximum absolute atomic E-state index is 13.1. The minimum absolute atomic E-state index is 0.0594. The zero-order valence-electron chi connectivity index (χ0n) is 13.9. The van der Waals surface area contributed by atoms with E-state index < -0.39 is 30.1 Å². The number of aromatic nitrogens is 1. The Balaban J connectivity index is 1.50. The number of carbonyl (C=O) groups is 2. The minimum Gasteiger partial charge on any atom is -0.456 e. The number of hydrogen-bond acceptors (Lipinski definition) is 5. The third-order valence-electron chi connectivity index (χ3n) is 3.68. The van der Waals surface area contributed by atoms with Gasteiger partial charge in [0.25, 0.3) is 5.91 Å². The van der Waals surface area contributed by atoms with Crippen LogP contribution in [0, 0.1) is 5.82 Å². The van der Waals surface area contributed by atoms with E-state index in [1.165, 1.54) is 16.7 Å². The summed E-state index contributed by atoms with van der Waals surface area (Å²) in [5.41, 5.74) is 1.27. The van der Waals surface area contributed by atoms with Gasteiger partial charge in [0.05, 0.1) is 17.0 Å². The zero-order chi connectivity index (χ0) is 19.4. The number of ether oxygens (including phenoxy) is 1. The molecule has 0 spiro atoms. The normalized spacial score (nSPS) is 10.7. The molecule has 0 aliphatic rings. The van der Waals surface area contributed by atoms with Gasteiger partial charge in [-0.3, -0.25) is 14.2 Å². The van der Waals surface area contributed by atoms with Crippen molar-refractivity contribution in [1.82, 2.24) is 4.57 Å². The molecular formula is C18H14ClFN2O5. The van der Waals surface area contributed by atoms with E-state index in [1.54, 1.807) is 24.3 Å². The molecule has 3 rings (SSSR count). The summed E-state index contributed by atoms with van der Waals surface area (Å²) in [7, 11) is 0. The number of halogens is 2. The van der Waals surface area contributed by atoms with Gasteiger partial charge in [0.1, 0.15) is 5.82 Å². The van der Waals surface area contributed by atoms with Crippen molar-refractivity contribution in [3.63, 3.8) is 0 Å². The predicted molar refractivity (Wildman–Crippen MR) is 96.1 cm³/mol. The predicted octanol–water partition coefficient (Wildman–Crippen LogP) is 2.96. The first-order valence-electron chi connectivity index (χ1n) is 7.93. The summed E-state index contributed by atoms with van der Waals surface area (Å²) in [6.45, 7) is -0.460. The highest BCUT2D eigenvalue weighted by atomic mass is 35.5. The number of benzene rings is 2.